The van der Waals surface area contributed by atoms with Crippen molar-refractivity contribution in [3.63, 3.8) is 0 Å². The number of hydrogen-bond donors (Lipinski definition) is 3. The third-order valence-corrected chi connectivity index (χ3v) is 3.55. The van der Waals surface area contributed by atoms with E-state index in [4.69, 9.17) is 25.7 Å². The summed E-state index contributed by atoms with van der Waals surface area (Å²) in [6, 6.07) is 3.67. The van der Waals surface area contributed by atoms with Crippen LogP contribution in [0.25, 0.3) is 22.2 Å². The van der Waals surface area contributed by atoms with E-state index in [1.165, 1.54) is 0 Å². The van der Waals surface area contributed by atoms with Gasteiger partial charge < -0.3 is 30.7 Å². The van der Waals surface area contributed by atoms with Crippen molar-refractivity contribution in [1.29, 1.82) is 0 Å². The first-order chi connectivity index (χ1) is 11.1. The number of rotatable bonds is 4. The number of nitrogens with two attached hydrogens (primary N) is 2. The number of nitrogen functional groups attached to an aromatic ring is 2. The van der Waals surface area contributed by atoms with Crippen LogP contribution < -0.4 is 25.7 Å². The summed E-state index contributed by atoms with van der Waals surface area (Å²) in [4.78, 5) is 11.2. The number of hydrogen-bond acceptors (Lipinski definition) is 7. The lowest BCUT2D eigenvalue weighted by Gasteiger charge is -2.14. The van der Waals surface area contributed by atoms with Crippen molar-refractivity contribution in [2.75, 3.05) is 32.8 Å². The number of nitrogens with one attached hydrogen (secondary N) is 1. The van der Waals surface area contributed by atoms with Gasteiger partial charge in [0.25, 0.3) is 0 Å². The van der Waals surface area contributed by atoms with Gasteiger partial charge in [-0.1, -0.05) is 0 Å². The molecule has 2 heterocycles. The maximum Gasteiger partial charge on any atom is 0.223 e. The molecular formula is C15H17N5O3. The highest BCUT2D eigenvalue weighted by atomic mass is 16.5. The van der Waals surface area contributed by atoms with Gasteiger partial charge >= 0.3 is 0 Å². The number of ether oxygens (including phenoxy) is 3. The number of aromatic nitrogens is 3. The molecule has 0 aliphatic carbocycles. The Labute approximate surface area is 132 Å². The van der Waals surface area contributed by atoms with Gasteiger partial charge in [0.05, 0.1) is 26.7 Å². The lowest BCUT2D eigenvalue weighted by molar-refractivity contribution is 0.324. The first-order valence-electron chi connectivity index (χ1n) is 6.79. The molecule has 0 unspecified atom stereocenters. The molecule has 0 aliphatic rings. The SMILES string of the molecule is COc1cc(-c2c[nH]c3nc(N)nc(N)c23)cc(OC)c1OC. The van der Waals surface area contributed by atoms with Gasteiger partial charge in [0.15, 0.2) is 11.5 Å². The number of aromatic amines is 1. The van der Waals surface area contributed by atoms with Crippen molar-refractivity contribution < 1.29 is 14.2 Å². The van der Waals surface area contributed by atoms with Crippen LogP contribution in [0.15, 0.2) is 18.3 Å². The van der Waals surface area contributed by atoms with Crippen LogP contribution in [0.4, 0.5) is 11.8 Å². The zero-order chi connectivity index (χ0) is 16.6. The van der Waals surface area contributed by atoms with Crippen LogP contribution in [0.2, 0.25) is 0 Å². The smallest absolute Gasteiger partial charge is 0.223 e. The number of benzene rings is 1. The number of nitrogens with zero attached hydrogens (tertiary/aromatic N) is 2. The highest BCUT2D eigenvalue weighted by Gasteiger charge is 2.18. The standard InChI is InChI=1S/C15H17N5O3/c1-21-9-4-7(5-10(22-2)12(9)23-3)8-6-18-14-11(8)13(16)19-15(17)20-14/h4-6H,1-3H3,(H5,16,17,18,19,20). The lowest BCUT2D eigenvalue weighted by atomic mass is 10.0. The van der Waals surface area contributed by atoms with Gasteiger partial charge in [0, 0.05) is 11.8 Å². The second kappa shape index (κ2) is 5.56. The molecule has 0 amide bonds. The second-order valence-corrected chi connectivity index (χ2v) is 4.81. The molecule has 0 radical (unpaired) electrons. The molecule has 0 atom stereocenters. The Morgan fingerprint density at radius 2 is 1.61 bits per heavy atom. The lowest BCUT2D eigenvalue weighted by Crippen LogP contribution is -2.00. The maximum atomic E-state index is 6.00. The van der Waals surface area contributed by atoms with Crippen molar-refractivity contribution in [2.45, 2.75) is 0 Å². The fourth-order valence-electron chi connectivity index (χ4n) is 2.54. The molecule has 0 spiro atoms. The van der Waals surface area contributed by atoms with E-state index in [0.717, 1.165) is 11.1 Å². The summed E-state index contributed by atoms with van der Waals surface area (Å²) in [5.74, 6) is 2.04. The quantitative estimate of drug-likeness (QED) is 0.671. The molecule has 2 aromatic heterocycles. The molecule has 0 saturated heterocycles. The minimum atomic E-state index is 0.119. The first kappa shape index (κ1) is 14.8. The number of fused-ring (bicyclic) bond motifs is 1. The van der Waals surface area contributed by atoms with Gasteiger partial charge in [-0.25, -0.2) is 0 Å². The fourth-order valence-corrected chi connectivity index (χ4v) is 2.54. The van der Waals surface area contributed by atoms with E-state index in [2.05, 4.69) is 15.0 Å². The van der Waals surface area contributed by atoms with Gasteiger partial charge in [-0.15, -0.1) is 0 Å². The Balaban J connectivity index is 2.27. The molecule has 0 bridgehead atoms. The number of anilines is 2. The van der Waals surface area contributed by atoms with Crippen molar-refractivity contribution in [2.24, 2.45) is 0 Å². The van der Waals surface area contributed by atoms with Gasteiger partial charge in [0.2, 0.25) is 11.7 Å². The summed E-state index contributed by atoms with van der Waals surface area (Å²) in [7, 11) is 4.68. The summed E-state index contributed by atoms with van der Waals surface area (Å²) in [6.45, 7) is 0. The Morgan fingerprint density at radius 3 is 2.17 bits per heavy atom. The van der Waals surface area contributed by atoms with Crippen molar-refractivity contribution >= 4 is 22.8 Å². The van der Waals surface area contributed by atoms with Crippen LogP contribution in [-0.2, 0) is 0 Å². The van der Waals surface area contributed by atoms with Crippen LogP contribution in [0.3, 0.4) is 0 Å². The van der Waals surface area contributed by atoms with Crippen LogP contribution in [0.5, 0.6) is 17.2 Å². The molecule has 1 aromatic carbocycles. The number of methoxy groups -OCH3 is 3. The Kier molecular flexibility index (Phi) is 3.57. The van der Waals surface area contributed by atoms with Crippen LogP contribution in [0.1, 0.15) is 0 Å². The van der Waals surface area contributed by atoms with Crippen molar-refractivity contribution in [3.8, 4) is 28.4 Å². The van der Waals surface area contributed by atoms with Gasteiger partial charge in [-0.05, 0) is 17.7 Å². The third-order valence-electron chi connectivity index (χ3n) is 3.55. The molecule has 0 saturated carbocycles. The van der Waals surface area contributed by atoms with E-state index in [1.807, 2.05) is 12.1 Å². The van der Waals surface area contributed by atoms with Crippen molar-refractivity contribution in [1.82, 2.24) is 15.0 Å². The average molecular weight is 315 g/mol. The molecule has 0 fully saturated rings. The zero-order valence-electron chi connectivity index (χ0n) is 13.0. The molecule has 5 N–H and O–H groups in total. The van der Waals surface area contributed by atoms with Crippen LogP contribution in [0, 0.1) is 0 Å². The molecule has 8 nitrogen and oxygen atoms in total. The molecular weight excluding hydrogens is 298 g/mol. The first-order valence-corrected chi connectivity index (χ1v) is 6.79. The minimum absolute atomic E-state index is 0.119. The van der Waals surface area contributed by atoms with E-state index >= 15 is 0 Å². The van der Waals surface area contributed by atoms with Gasteiger partial charge in [-0.2, -0.15) is 9.97 Å². The molecule has 23 heavy (non-hydrogen) atoms. The Hall–Kier alpha value is -3.16. The van der Waals surface area contributed by atoms with E-state index in [0.29, 0.717) is 34.1 Å². The zero-order valence-corrected chi connectivity index (χ0v) is 13.0. The highest BCUT2D eigenvalue weighted by Crippen LogP contribution is 2.43. The summed E-state index contributed by atoms with van der Waals surface area (Å²) < 4.78 is 16.1. The van der Waals surface area contributed by atoms with E-state index in [1.54, 1.807) is 27.5 Å². The molecule has 3 rings (SSSR count). The topological polar surface area (TPSA) is 121 Å². The maximum absolute atomic E-state index is 6.00. The Morgan fingerprint density at radius 1 is 0.957 bits per heavy atom. The minimum Gasteiger partial charge on any atom is -0.493 e. The average Bonchev–Trinajstić information content (AvgIpc) is 2.97. The summed E-state index contributed by atoms with van der Waals surface area (Å²) >= 11 is 0. The highest BCUT2D eigenvalue weighted by molar-refractivity contribution is 6.01. The predicted molar refractivity (Wildman–Crippen MR) is 87.8 cm³/mol. The largest absolute Gasteiger partial charge is 0.493 e. The van der Waals surface area contributed by atoms with E-state index < -0.39 is 0 Å². The molecule has 120 valence electrons. The van der Waals surface area contributed by atoms with Gasteiger partial charge in [0.1, 0.15) is 11.5 Å². The van der Waals surface area contributed by atoms with E-state index in [-0.39, 0.29) is 5.95 Å². The summed E-state index contributed by atoms with van der Waals surface area (Å²) in [5, 5.41) is 0.688. The molecule has 8 heteroatoms. The monoisotopic (exact) mass is 315 g/mol. The van der Waals surface area contributed by atoms with E-state index in [9.17, 15) is 0 Å². The van der Waals surface area contributed by atoms with Crippen LogP contribution >= 0.6 is 0 Å². The second-order valence-electron chi connectivity index (χ2n) is 4.81. The summed E-state index contributed by atoms with van der Waals surface area (Å²) in [6.07, 6.45) is 1.79. The molecule has 0 aliphatic heterocycles. The summed E-state index contributed by atoms with van der Waals surface area (Å²) in [5.41, 5.74) is 13.8. The predicted octanol–water partition coefficient (Wildman–Crippen LogP) is 1.82. The van der Waals surface area contributed by atoms with Crippen LogP contribution in [-0.4, -0.2) is 36.3 Å². The number of H-pyrrole nitrogens is 1. The fraction of sp³-hybridized carbons (Fsp3) is 0.200. The third kappa shape index (κ3) is 2.33. The normalized spacial score (nSPS) is 10.7. The van der Waals surface area contributed by atoms with Gasteiger partial charge in [-0.3, -0.25) is 0 Å². The Bertz CT molecular complexity index is 850. The van der Waals surface area contributed by atoms with Crippen molar-refractivity contribution in [3.05, 3.63) is 18.3 Å². The molecule has 3 aromatic rings.